The van der Waals surface area contributed by atoms with Gasteiger partial charge in [-0.15, -0.1) is 0 Å². The number of carbonyl (C=O) groups excluding carboxylic acids is 3. The number of carbonyl (C=O) groups is 4. The SMILES string of the molecule is CC(=O)N[C@H]1[C@@H](O[C@H]2[C@@H](O)[C@@H](CO)O[C@@H](O[C@H]3[C@@H](O)[C@@H](CO)O[C@@H](O[C@@H]([C@@H](O)[C@H](O)CO[C@]4(C(=O)O)C[C@H](O)[C@@H](NC(=O)CO)[C@H]([C@H](O)[C@H](O)CO)O4)[C@H](CO)NC(C)=O)[C@@H]3O)[C@@H]2O[C@@H]2O[C@@H](C)[C@@H](O)[C@@H](O)[C@@H]2O)O[C@H](CO)[C@H](O)[C@@H]1O[C@H]1O[C@H](CO)[C@H](O)[C@H](O)[C@H]1O. The van der Waals surface area contributed by atoms with Crippen molar-refractivity contribution in [2.75, 3.05) is 52.9 Å². The van der Waals surface area contributed by atoms with Crippen LogP contribution in [0.15, 0.2) is 0 Å². The van der Waals surface area contributed by atoms with Crippen molar-refractivity contribution in [3.63, 3.8) is 0 Å². The largest absolute Gasteiger partial charge is 0.477 e. The summed E-state index contributed by atoms with van der Waals surface area (Å²) < 4.78 is 69.9. The average molecular weight is 1370 g/mol. The fourth-order valence-corrected chi connectivity index (χ4v) is 11.3. The molecule has 42 nitrogen and oxygen atoms in total. The average Bonchev–Trinajstić information content (AvgIpc) is 0.777. The summed E-state index contributed by atoms with van der Waals surface area (Å²) in [5.74, 6) is -8.40. The van der Waals surface area contributed by atoms with Crippen LogP contribution in [0.5, 0.6) is 0 Å². The first-order valence-electron chi connectivity index (χ1n) is 29.2. The van der Waals surface area contributed by atoms with E-state index in [0.29, 0.717) is 0 Å². The molecule has 6 fully saturated rings. The molecule has 35 atom stereocenters. The van der Waals surface area contributed by atoms with E-state index in [-0.39, 0.29) is 0 Å². The summed E-state index contributed by atoms with van der Waals surface area (Å²) in [4.78, 5) is 50.6. The molecule has 6 aliphatic rings. The van der Waals surface area contributed by atoms with Crippen molar-refractivity contribution in [1.82, 2.24) is 16.0 Å². The smallest absolute Gasteiger partial charge is 0.364 e. The van der Waals surface area contributed by atoms with Crippen LogP contribution < -0.4 is 16.0 Å². The molecule has 0 saturated carbocycles. The van der Waals surface area contributed by atoms with Crippen molar-refractivity contribution < 1.29 is 193 Å². The second kappa shape index (κ2) is 34.3. The monoisotopic (exact) mass is 1370 g/mol. The maximum atomic E-state index is 13.0. The predicted molar refractivity (Wildman–Crippen MR) is 286 cm³/mol. The van der Waals surface area contributed by atoms with Crippen LogP contribution in [-0.4, -0.2) is 408 Å². The first-order chi connectivity index (χ1) is 43.8. The van der Waals surface area contributed by atoms with E-state index in [1.165, 1.54) is 6.92 Å². The Hall–Kier alpha value is -3.48. The molecule has 6 rings (SSSR count). The highest BCUT2D eigenvalue weighted by Gasteiger charge is 2.60. The lowest BCUT2D eigenvalue weighted by molar-refractivity contribution is -0.405. The van der Waals surface area contributed by atoms with Gasteiger partial charge in [-0.3, -0.25) is 14.4 Å². The number of aliphatic hydroxyl groups excluding tert-OH is 22. The summed E-state index contributed by atoms with van der Waals surface area (Å²) in [6.45, 7) is -6.50. The lowest BCUT2D eigenvalue weighted by atomic mass is 9.88. The maximum absolute atomic E-state index is 13.0. The minimum Gasteiger partial charge on any atom is -0.477 e. The minimum atomic E-state index is -3.18. The molecule has 0 unspecified atom stereocenters. The van der Waals surface area contributed by atoms with Gasteiger partial charge in [0, 0.05) is 20.3 Å². The van der Waals surface area contributed by atoms with Crippen LogP contribution in [0.3, 0.4) is 0 Å². The molecule has 0 radical (unpaired) electrons. The molecule has 0 aromatic rings. The van der Waals surface area contributed by atoms with E-state index < -0.39 is 297 Å². The number of hydrogen-bond acceptors (Lipinski definition) is 38. The molecule has 93 heavy (non-hydrogen) atoms. The highest BCUT2D eigenvalue weighted by molar-refractivity contribution is 5.78. The second-order valence-electron chi connectivity index (χ2n) is 23.0. The third-order valence-electron chi connectivity index (χ3n) is 16.4. The molecular formula is C51H87N3O39. The van der Waals surface area contributed by atoms with E-state index in [0.717, 1.165) is 13.8 Å². The van der Waals surface area contributed by atoms with Crippen molar-refractivity contribution in [2.24, 2.45) is 0 Å². The number of aliphatic carboxylic acids is 1. The lowest BCUT2D eigenvalue weighted by Crippen LogP contribution is -2.71. The topological polar surface area (TPSA) is 680 Å². The van der Waals surface area contributed by atoms with Gasteiger partial charge in [-0.05, 0) is 6.92 Å². The van der Waals surface area contributed by atoms with Crippen LogP contribution in [0.2, 0.25) is 0 Å². The quantitative estimate of drug-likeness (QED) is 0.0331. The fourth-order valence-electron chi connectivity index (χ4n) is 11.3. The molecule has 3 amide bonds. The van der Waals surface area contributed by atoms with Crippen molar-refractivity contribution in [2.45, 2.75) is 241 Å². The molecule has 42 heteroatoms. The van der Waals surface area contributed by atoms with Crippen molar-refractivity contribution >= 4 is 23.7 Å². The van der Waals surface area contributed by atoms with E-state index >= 15 is 0 Å². The molecule has 0 aliphatic carbocycles. The summed E-state index contributed by atoms with van der Waals surface area (Å²) >= 11 is 0. The Morgan fingerprint density at radius 3 is 1.55 bits per heavy atom. The molecular weight excluding hydrogens is 1280 g/mol. The summed E-state index contributed by atoms with van der Waals surface area (Å²) in [7, 11) is 0. The number of aliphatic hydroxyl groups is 22. The van der Waals surface area contributed by atoms with Gasteiger partial charge in [0.15, 0.2) is 31.5 Å². The Labute approximate surface area is 526 Å². The number of ether oxygens (including phenoxy) is 12. The normalized spacial score (nSPS) is 43.6. The fraction of sp³-hybridized carbons (Fsp3) is 0.922. The van der Waals surface area contributed by atoms with Gasteiger partial charge in [0.1, 0.15) is 159 Å². The summed E-state index contributed by atoms with van der Waals surface area (Å²) in [5.41, 5.74) is 0. The number of carboxylic acid groups (broad SMARTS) is 1. The first kappa shape index (κ1) is 78.5. The van der Waals surface area contributed by atoms with Crippen LogP contribution >= 0.6 is 0 Å². The molecule has 0 spiro atoms. The molecule has 26 N–H and O–H groups in total. The van der Waals surface area contributed by atoms with Crippen molar-refractivity contribution in [1.29, 1.82) is 0 Å². The Bertz CT molecular complexity index is 2360. The van der Waals surface area contributed by atoms with Crippen molar-refractivity contribution in [3.8, 4) is 0 Å². The van der Waals surface area contributed by atoms with Crippen LogP contribution in [0.1, 0.15) is 27.2 Å². The first-order valence-corrected chi connectivity index (χ1v) is 29.2. The van der Waals surface area contributed by atoms with Gasteiger partial charge in [-0.2, -0.15) is 0 Å². The standard InChI is InChI=1S/C51H87N3O39/c1-13-27(68)34(75)36(77)46(83-13)92-44-43(91-45-26(53-15(3)63)40(31(72)21(8-58)84-45)89-47-37(78)35(76)30(71)20(7-57)85-47)33(74)23(10-60)87-49(44)90-42-32(73)22(9-59)86-48(38(42)79)88-39(16(5-55)52-14(2)62)29(70)19(66)12-82-51(50(80)81)4-17(64)25(54-24(67)11-61)41(93-51)28(69)18(65)6-56/h13,16-23,25-49,55-61,64-66,68-79H,4-12H2,1-3H3,(H,52,62)(H,53,63)(H,54,67)(H,80,81)/t13-,16-,17-,18+,19+,20+,21+,22+,23+,25+,26+,27+,28+,29-,30-,31-,32-,33-,34+,35-,36-,37+,38+,39+,40+,41+,42-,43-,44+,45+,46-,47+,48-,49-,51+/m0/s1. The molecule has 0 bridgehead atoms. The Morgan fingerprint density at radius 2 is 1.01 bits per heavy atom. The maximum Gasteiger partial charge on any atom is 0.364 e. The van der Waals surface area contributed by atoms with Crippen LogP contribution in [-0.2, 0) is 76.0 Å². The van der Waals surface area contributed by atoms with E-state index in [9.17, 15) is 137 Å². The predicted octanol–water partition coefficient (Wildman–Crippen LogP) is -17.0. The summed E-state index contributed by atoms with van der Waals surface area (Å²) in [5, 5.41) is 256. The zero-order valence-electron chi connectivity index (χ0n) is 49.8. The van der Waals surface area contributed by atoms with Crippen LogP contribution in [0.4, 0.5) is 0 Å². The van der Waals surface area contributed by atoms with Gasteiger partial charge in [0.25, 0.3) is 5.79 Å². The highest BCUT2D eigenvalue weighted by Crippen LogP contribution is 2.39. The molecule has 0 aromatic heterocycles. The Morgan fingerprint density at radius 1 is 0.516 bits per heavy atom. The Balaban J connectivity index is 1.36. The van der Waals surface area contributed by atoms with Crippen LogP contribution in [0.25, 0.3) is 0 Å². The number of carboxylic acids is 1. The van der Waals surface area contributed by atoms with Gasteiger partial charge >= 0.3 is 5.97 Å². The molecule has 540 valence electrons. The van der Waals surface area contributed by atoms with Gasteiger partial charge < -0.3 is 190 Å². The Kier molecular flexibility index (Phi) is 29.0. The molecule has 6 aliphatic heterocycles. The van der Waals surface area contributed by atoms with Gasteiger partial charge in [0.05, 0.1) is 70.5 Å². The second-order valence-corrected chi connectivity index (χ2v) is 23.0. The van der Waals surface area contributed by atoms with E-state index in [1.807, 2.05) is 0 Å². The third-order valence-corrected chi connectivity index (χ3v) is 16.4. The van der Waals surface area contributed by atoms with Gasteiger partial charge in [-0.1, -0.05) is 0 Å². The van der Waals surface area contributed by atoms with Gasteiger partial charge in [-0.25, -0.2) is 4.79 Å². The summed E-state index contributed by atoms with van der Waals surface area (Å²) in [6.07, 6.45) is -67.5. The van der Waals surface area contributed by atoms with E-state index in [4.69, 9.17) is 56.8 Å². The molecule has 0 aromatic carbocycles. The molecule has 6 heterocycles. The van der Waals surface area contributed by atoms with E-state index in [1.54, 1.807) is 0 Å². The lowest BCUT2D eigenvalue weighted by Gasteiger charge is -2.51. The number of hydrogen-bond donors (Lipinski definition) is 26. The zero-order valence-corrected chi connectivity index (χ0v) is 49.8. The van der Waals surface area contributed by atoms with Crippen molar-refractivity contribution in [3.05, 3.63) is 0 Å². The van der Waals surface area contributed by atoms with E-state index in [2.05, 4.69) is 16.0 Å². The third kappa shape index (κ3) is 17.9. The summed E-state index contributed by atoms with van der Waals surface area (Å²) in [6, 6.07) is -5.64. The highest BCUT2D eigenvalue weighted by atomic mass is 16.8. The van der Waals surface area contributed by atoms with Crippen LogP contribution in [0, 0.1) is 0 Å². The number of nitrogens with one attached hydrogen (secondary N) is 3. The number of amides is 3. The zero-order chi connectivity index (χ0) is 69.4. The number of rotatable bonds is 29. The minimum absolute atomic E-state index is 0.902. The molecule has 6 saturated heterocycles. The van der Waals surface area contributed by atoms with Gasteiger partial charge in [0.2, 0.25) is 17.7 Å².